The Labute approximate surface area is 162 Å². The zero-order valence-corrected chi connectivity index (χ0v) is 15.3. The van der Waals surface area contributed by atoms with Crippen LogP contribution in [0, 0.1) is 0 Å². The molecule has 0 bridgehead atoms. The van der Waals surface area contributed by atoms with Crippen LogP contribution in [0.5, 0.6) is 0 Å². The van der Waals surface area contributed by atoms with Gasteiger partial charge in [0.15, 0.2) is 5.78 Å². The Kier molecular flexibility index (Phi) is 5.76. The van der Waals surface area contributed by atoms with E-state index in [1.807, 2.05) is 0 Å². The maximum absolute atomic E-state index is 13.4. The molecule has 0 aliphatic rings. The first-order chi connectivity index (χ1) is 13.0. The van der Waals surface area contributed by atoms with E-state index >= 15 is 0 Å². The molecule has 0 aromatic heterocycles. The maximum atomic E-state index is 13.4. The summed E-state index contributed by atoms with van der Waals surface area (Å²) < 4.78 is 112. The number of Topliss-reactive ketones (excluding diaryl/α,β-unsaturated/α-hetero) is 2. The van der Waals surface area contributed by atoms with Gasteiger partial charge in [0.05, 0.1) is 11.3 Å². The van der Waals surface area contributed by atoms with Gasteiger partial charge >= 0.3 is 18.0 Å². The van der Waals surface area contributed by atoms with Gasteiger partial charge < -0.3 is 0 Å². The smallest absolute Gasteiger partial charge is 0.294 e. The van der Waals surface area contributed by atoms with Gasteiger partial charge in [-0.3, -0.25) is 9.59 Å². The van der Waals surface area contributed by atoms with Crippen molar-refractivity contribution in [2.45, 2.75) is 29.3 Å². The van der Waals surface area contributed by atoms with Crippen molar-refractivity contribution in [2.24, 2.45) is 0 Å². The zero-order valence-electron chi connectivity index (χ0n) is 13.7. The van der Waals surface area contributed by atoms with E-state index in [9.17, 15) is 48.7 Å². The first kappa shape index (κ1) is 23.1. The summed E-state index contributed by atoms with van der Waals surface area (Å²) >= 11 is 0. The third-order valence-corrected chi connectivity index (χ3v) is 5.23. The summed E-state index contributed by atoms with van der Waals surface area (Å²) in [5.74, 6) is -17.2. The Bertz CT molecular complexity index is 1090. The molecule has 0 saturated heterocycles. The standard InChI is InChI=1S/C16H8ClF7O4S/c17-29(27,28)12-3-1-2-8-6-9(4-5-10(8)12)11(25)7-13(26)14(18,19)15(20,21)16(22,23)24/h1-6H,7H2. The zero-order chi connectivity index (χ0) is 22.4. The first-order valence-electron chi connectivity index (χ1n) is 7.36. The number of halogens is 8. The van der Waals surface area contributed by atoms with Gasteiger partial charge in [-0.05, 0) is 17.5 Å². The fourth-order valence-corrected chi connectivity index (χ4v) is 3.45. The Morgan fingerprint density at radius 1 is 0.931 bits per heavy atom. The minimum Gasteiger partial charge on any atom is -0.294 e. The summed E-state index contributed by atoms with van der Waals surface area (Å²) in [4.78, 5) is 23.0. The van der Waals surface area contributed by atoms with Crippen molar-refractivity contribution in [3.63, 3.8) is 0 Å². The highest BCUT2D eigenvalue weighted by atomic mass is 35.7. The molecule has 2 aromatic rings. The predicted octanol–water partition coefficient (Wildman–Crippen LogP) is 4.74. The molecule has 0 aliphatic heterocycles. The van der Waals surface area contributed by atoms with Gasteiger partial charge in [0.2, 0.25) is 5.78 Å². The third-order valence-electron chi connectivity index (χ3n) is 3.85. The van der Waals surface area contributed by atoms with Crippen molar-refractivity contribution in [1.29, 1.82) is 0 Å². The van der Waals surface area contributed by atoms with Crippen LogP contribution in [0.3, 0.4) is 0 Å². The molecule has 158 valence electrons. The summed E-state index contributed by atoms with van der Waals surface area (Å²) in [6.45, 7) is 0. The van der Waals surface area contributed by atoms with E-state index in [0.29, 0.717) is 0 Å². The SMILES string of the molecule is O=C(CC(=O)C(F)(F)C(F)(F)C(F)(F)F)c1ccc2c(S(=O)(=O)Cl)cccc2c1. The lowest BCUT2D eigenvalue weighted by molar-refractivity contribution is -0.343. The lowest BCUT2D eigenvalue weighted by atomic mass is 9.97. The number of carbonyl (C=O) groups is 2. The average Bonchev–Trinajstić information content (AvgIpc) is 2.58. The molecule has 0 spiro atoms. The number of hydrogen-bond donors (Lipinski definition) is 0. The molecule has 0 fully saturated rings. The minimum atomic E-state index is -6.71. The molecular formula is C16H8ClF7O4S. The van der Waals surface area contributed by atoms with Gasteiger partial charge in [-0.2, -0.15) is 30.7 Å². The van der Waals surface area contributed by atoms with Gasteiger partial charge in [0.1, 0.15) is 0 Å². The monoisotopic (exact) mass is 464 g/mol. The molecule has 2 rings (SSSR count). The largest absolute Gasteiger partial charge is 0.460 e. The van der Waals surface area contributed by atoms with E-state index in [1.165, 1.54) is 12.1 Å². The molecule has 0 atom stereocenters. The number of ketones is 2. The van der Waals surface area contributed by atoms with Crippen molar-refractivity contribution >= 4 is 42.1 Å². The average molecular weight is 465 g/mol. The number of rotatable bonds is 6. The fraction of sp³-hybridized carbons (Fsp3) is 0.250. The normalized spacial score (nSPS) is 13.5. The van der Waals surface area contributed by atoms with Crippen LogP contribution in [0.4, 0.5) is 30.7 Å². The Morgan fingerprint density at radius 3 is 2.03 bits per heavy atom. The molecule has 29 heavy (non-hydrogen) atoms. The second kappa shape index (κ2) is 7.24. The highest BCUT2D eigenvalue weighted by Gasteiger charge is 2.75. The lowest BCUT2D eigenvalue weighted by Crippen LogP contribution is -2.56. The molecule has 0 radical (unpaired) electrons. The van der Waals surface area contributed by atoms with E-state index in [0.717, 1.165) is 24.3 Å². The number of alkyl halides is 7. The van der Waals surface area contributed by atoms with Crippen molar-refractivity contribution < 1.29 is 48.7 Å². The van der Waals surface area contributed by atoms with E-state index in [2.05, 4.69) is 0 Å². The highest BCUT2D eigenvalue weighted by molar-refractivity contribution is 8.14. The minimum absolute atomic E-state index is 0.0271. The Hall–Kier alpha value is -2.21. The lowest BCUT2D eigenvalue weighted by Gasteiger charge is -2.26. The molecule has 13 heteroatoms. The van der Waals surface area contributed by atoms with Gasteiger partial charge in [0, 0.05) is 21.6 Å². The summed E-state index contributed by atoms with van der Waals surface area (Å²) in [5, 5.41) is 0.0942. The Morgan fingerprint density at radius 2 is 1.52 bits per heavy atom. The molecule has 2 aromatic carbocycles. The van der Waals surface area contributed by atoms with E-state index in [1.54, 1.807) is 0 Å². The van der Waals surface area contributed by atoms with Crippen molar-refractivity contribution in [2.75, 3.05) is 0 Å². The van der Waals surface area contributed by atoms with Crippen LogP contribution in [-0.4, -0.2) is 38.0 Å². The molecule has 0 N–H and O–H groups in total. The van der Waals surface area contributed by atoms with Crippen LogP contribution in [0.25, 0.3) is 10.8 Å². The first-order valence-corrected chi connectivity index (χ1v) is 9.67. The van der Waals surface area contributed by atoms with Crippen LogP contribution in [0.1, 0.15) is 16.8 Å². The fourth-order valence-electron chi connectivity index (χ4n) is 2.35. The molecule has 0 amide bonds. The molecule has 0 saturated carbocycles. The molecule has 0 heterocycles. The highest BCUT2D eigenvalue weighted by Crippen LogP contribution is 2.47. The van der Waals surface area contributed by atoms with Crippen molar-refractivity contribution in [1.82, 2.24) is 0 Å². The quantitative estimate of drug-likeness (QED) is 0.268. The van der Waals surface area contributed by atoms with Crippen molar-refractivity contribution in [3.05, 3.63) is 42.0 Å². The Balaban J connectivity index is 2.36. The summed E-state index contributed by atoms with van der Waals surface area (Å²) in [6.07, 6.45) is -8.64. The number of fused-ring (bicyclic) bond motifs is 1. The number of hydrogen-bond acceptors (Lipinski definition) is 4. The molecule has 0 aliphatic carbocycles. The van der Waals surface area contributed by atoms with Crippen LogP contribution in [0.2, 0.25) is 0 Å². The van der Waals surface area contributed by atoms with Crippen molar-refractivity contribution in [3.8, 4) is 0 Å². The van der Waals surface area contributed by atoms with Crippen LogP contribution in [-0.2, 0) is 13.8 Å². The number of carbonyl (C=O) groups excluding carboxylic acids is 2. The van der Waals surface area contributed by atoms with Crippen LogP contribution < -0.4 is 0 Å². The van der Waals surface area contributed by atoms with Gasteiger partial charge in [-0.25, -0.2) is 8.42 Å². The van der Waals surface area contributed by atoms with Crippen LogP contribution in [0.15, 0.2) is 41.3 Å². The molecule has 4 nitrogen and oxygen atoms in total. The molecular weight excluding hydrogens is 457 g/mol. The van der Waals surface area contributed by atoms with E-state index in [-0.39, 0.29) is 15.7 Å². The topological polar surface area (TPSA) is 68.3 Å². The molecule has 0 unspecified atom stereocenters. The van der Waals surface area contributed by atoms with E-state index in [4.69, 9.17) is 10.7 Å². The summed E-state index contributed by atoms with van der Waals surface area (Å²) in [7, 11) is 1.07. The number of benzene rings is 2. The second-order valence-electron chi connectivity index (χ2n) is 5.80. The maximum Gasteiger partial charge on any atom is 0.460 e. The van der Waals surface area contributed by atoms with E-state index < -0.39 is 50.6 Å². The van der Waals surface area contributed by atoms with Crippen LogP contribution >= 0.6 is 10.7 Å². The second-order valence-corrected chi connectivity index (χ2v) is 8.33. The van der Waals surface area contributed by atoms with Gasteiger partial charge in [-0.1, -0.05) is 24.3 Å². The van der Waals surface area contributed by atoms with Gasteiger partial charge in [0.25, 0.3) is 9.05 Å². The summed E-state index contributed by atoms with van der Waals surface area (Å²) in [6, 6.07) is 6.56. The summed E-state index contributed by atoms with van der Waals surface area (Å²) in [5.41, 5.74) is -0.485. The predicted molar refractivity (Wildman–Crippen MR) is 86.9 cm³/mol. The third kappa shape index (κ3) is 4.22. The van der Waals surface area contributed by atoms with Gasteiger partial charge in [-0.15, -0.1) is 0 Å².